The fourth-order valence-corrected chi connectivity index (χ4v) is 2.97. The molecule has 0 unspecified atom stereocenters. The minimum atomic E-state index is 0.718. The van der Waals surface area contributed by atoms with Gasteiger partial charge in [-0.25, -0.2) is 0 Å². The number of likely N-dealkylation sites (N-methyl/N-ethyl adjacent to an activating group) is 1. The van der Waals surface area contributed by atoms with Crippen LogP contribution in [0.5, 0.6) is 5.88 Å². The third kappa shape index (κ3) is 3.89. The highest BCUT2D eigenvalue weighted by Gasteiger charge is 2.18. The number of hydrogen-bond donors (Lipinski definition) is 0. The SMILES string of the molecule is CN1CCC=C(c2nsnc2OCCCCI)C1. The molecule has 0 aromatic carbocycles. The molecule has 0 atom stereocenters. The van der Waals surface area contributed by atoms with Crippen molar-refractivity contribution in [1.82, 2.24) is 13.6 Å². The highest BCUT2D eigenvalue weighted by Crippen LogP contribution is 2.26. The number of rotatable bonds is 6. The average molecular weight is 379 g/mol. The van der Waals surface area contributed by atoms with Gasteiger partial charge >= 0.3 is 0 Å². The standard InChI is InChI=1S/C12H18IN3OS/c1-16-7-4-5-10(9-16)11-12(15-18-14-11)17-8-3-2-6-13/h5H,2-4,6-9H2,1H3. The van der Waals surface area contributed by atoms with Crippen LogP contribution < -0.4 is 4.74 Å². The maximum Gasteiger partial charge on any atom is 0.253 e. The van der Waals surface area contributed by atoms with E-state index in [2.05, 4.69) is 49.4 Å². The van der Waals surface area contributed by atoms with Crippen LogP contribution >= 0.6 is 34.3 Å². The molecule has 0 bridgehead atoms. The van der Waals surface area contributed by atoms with E-state index in [9.17, 15) is 0 Å². The normalized spacial score (nSPS) is 16.7. The minimum absolute atomic E-state index is 0.718. The average Bonchev–Trinajstić information content (AvgIpc) is 2.83. The Balaban J connectivity index is 1.96. The van der Waals surface area contributed by atoms with Crippen molar-refractivity contribution >= 4 is 39.9 Å². The Kier molecular flexibility index (Phi) is 5.84. The summed E-state index contributed by atoms with van der Waals surface area (Å²) in [7, 11) is 2.13. The molecule has 0 N–H and O–H groups in total. The van der Waals surface area contributed by atoms with Gasteiger partial charge in [0.05, 0.1) is 18.3 Å². The second-order valence-corrected chi connectivity index (χ2v) is 6.03. The van der Waals surface area contributed by atoms with Crippen molar-refractivity contribution in [2.75, 3.05) is 31.2 Å². The number of alkyl halides is 1. The molecule has 0 radical (unpaired) electrons. The van der Waals surface area contributed by atoms with Crippen LogP contribution in [0.1, 0.15) is 25.0 Å². The van der Waals surface area contributed by atoms with Crippen LogP contribution in [-0.2, 0) is 0 Å². The summed E-state index contributed by atoms with van der Waals surface area (Å²) in [5, 5.41) is 0. The maximum atomic E-state index is 5.74. The van der Waals surface area contributed by atoms with Crippen LogP contribution in [0.15, 0.2) is 6.08 Å². The highest BCUT2D eigenvalue weighted by atomic mass is 127. The molecule has 0 saturated heterocycles. The van der Waals surface area contributed by atoms with Crippen LogP contribution in [0.25, 0.3) is 5.57 Å². The molecule has 0 spiro atoms. The summed E-state index contributed by atoms with van der Waals surface area (Å²) >= 11 is 3.63. The zero-order valence-electron chi connectivity index (χ0n) is 10.6. The molecule has 0 amide bonds. The summed E-state index contributed by atoms with van der Waals surface area (Å²) < 4.78 is 15.6. The smallest absolute Gasteiger partial charge is 0.253 e. The highest BCUT2D eigenvalue weighted by molar-refractivity contribution is 14.1. The first-order valence-corrected chi connectivity index (χ1v) is 8.46. The van der Waals surface area contributed by atoms with Gasteiger partial charge < -0.3 is 9.64 Å². The Morgan fingerprint density at radius 3 is 3.11 bits per heavy atom. The van der Waals surface area contributed by atoms with Gasteiger partial charge in [-0.3, -0.25) is 0 Å². The van der Waals surface area contributed by atoms with Crippen molar-refractivity contribution in [3.8, 4) is 5.88 Å². The van der Waals surface area contributed by atoms with Crippen LogP contribution in [0, 0.1) is 0 Å². The molecule has 18 heavy (non-hydrogen) atoms. The van der Waals surface area contributed by atoms with E-state index in [1.54, 1.807) is 0 Å². The van der Waals surface area contributed by atoms with Gasteiger partial charge in [0.25, 0.3) is 5.88 Å². The first kappa shape index (κ1) is 14.2. The van der Waals surface area contributed by atoms with Crippen LogP contribution in [0.3, 0.4) is 0 Å². The first-order valence-electron chi connectivity index (χ1n) is 6.20. The lowest BCUT2D eigenvalue weighted by molar-refractivity contribution is 0.299. The molecular formula is C12H18IN3OS. The molecule has 2 rings (SSSR count). The number of unbranched alkanes of at least 4 members (excludes halogenated alkanes) is 1. The molecule has 1 aliphatic rings. The van der Waals surface area contributed by atoms with E-state index in [1.165, 1.54) is 28.1 Å². The topological polar surface area (TPSA) is 38.2 Å². The fraction of sp³-hybridized carbons (Fsp3) is 0.667. The zero-order valence-corrected chi connectivity index (χ0v) is 13.5. The van der Waals surface area contributed by atoms with E-state index in [4.69, 9.17) is 4.74 Å². The second-order valence-electron chi connectivity index (χ2n) is 4.42. The fourth-order valence-electron chi connectivity index (χ4n) is 1.90. The van der Waals surface area contributed by atoms with Gasteiger partial charge in [0.1, 0.15) is 5.69 Å². The Hall–Kier alpha value is -0.210. The van der Waals surface area contributed by atoms with Crippen molar-refractivity contribution in [2.45, 2.75) is 19.3 Å². The molecule has 6 heteroatoms. The third-order valence-corrected chi connectivity index (χ3v) is 4.15. The maximum absolute atomic E-state index is 5.74. The van der Waals surface area contributed by atoms with Crippen molar-refractivity contribution in [3.05, 3.63) is 11.8 Å². The molecule has 1 aromatic heterocycles. The van der Waals surface area contributed by atoms with E-state index in [1.807, 2.05) is 0 Å². The minimum Gasteiger partial charge on any atom is -0.475 e. The summed E-state index contributed by atoms with van der Waals surface area (Å²) in [6.07, 6.45) is 5.61. The Morgan fingerprint density at radius 1 is 1.44 bits per heavy atom. The molecule has 0 saturated carbocycles. The molecule has 4 nitrogen and oxygen atoms in total. The molecule has 1 aromatic rings. The van der Waals surface area contributed by atoms with Crippen LogP contribution in [-0.4, -0.2) is 44.8 Å². The van der Waals surface area contributed by atoms with Crippen molar-refractivity contribution in [3.63, 3.8) is 0 Å². The summed E-state index contributed by atoms with van der Waals surface area (Å²) in [5.74, 6) is 0.718. The van der Waals surface area contributed by atoms with E-state index >= 15 is 0 Å². The Bertz CT molecular complexity index is 408. The largest absolute Gasteiger partial charge is 0.475 e. The quantitative estimate of drug-likeness (QED) is 0.433. The van der Waals surface area contributed by atoms with Crippen molar-refractivity contribution < 1.29 is 4.74 Å². The summed E-state index contributed by atoms with van der Waals surface area (Å²) in [5.41, 5.74) is 2.20. The number of nitrogens with zero attached hydrogens (tertiary/aromatic N) is 3. The van der Waals surface area contributed by atoms with Gasteiger partial charge in [-0.2, -0.15) is 4.37 Å². The lowest BCUT2D eigenvalue weighted by Gasteiger charge is -2.22. The monoisotopic (exact) mass is 379 g/mol. The molecule has 100 valence electrons. The lowest BCUT2D eigenvalue weighted by atomic mass is 10.1. The van der Waals surface area contributed by atoms with Crippen LogP contribution in [0.2, 0.25) is 0 Å². The number of hydrogen-bond acceptors (Lipinski definition) is 5. The van der Waals surface area contributed by atoms with Gasteiger partial charge in [-0.1, -0.05) is 28.7 Å². The molecule has 1 aliphatic heterocycles. The Labute approximate surface area is 126 Å². The van der Waals surface area contributed by atoms with E-state index < -0.39 is 0 Å². The molecule has 0 aliphatic carbocycles. The summed E-state index contributed by atoms with van der Waals surface area (Å²) in [6, 6.07) is 0. The van der Waals surface area contributed by atoms with Crippen molar-refractivity contribution in [1.29, 1.82) is 0 Å². The van der Waals surface area contributed by atoms with Gasteiger partial charge in [0.15, 0.2) is 0 Å². The first-order chi connectivity index (χ1) is 8.81. The van der Waals surface area contributed by atoms with E-state index in [0.717, 1.165) is 44.1 Å². The van der Waals surface area contributed by atoms with Crippen LogP contribution in [0.4, 0.5) is 0 Å². The molecular weight excluding hydrogens is 361 g/mol. The van der Waals surface area contributed by atoms with Gasteiger partial charge in [0, 0.05) is 13.1 Å². The van der Waals surface area contributed by atoms with Gasteiger partial charge in [-0.15, -0.1) is 4.37 Å². The predicted octanol–water partition coefficient (Wildman–Crippen LogP) is 2.85. The Morgan fingerprint density at radius 2 is 2.33 bits per heavy atom. The van der Waals surface area contributed by atoms with Gasteiger partial charge in [0.2, 0.25) is 0 Å². The van der Waals surface area contributed by atoms with Gasteiger partial charge in [-0.05, 0) is 36.3 Å². The van der Waals surface area contributed by atoms with Crippen molar-refractivity contribution in [2.24, 2.45) is 0 Å². The number of aromatic nitrogens is 2. The lowest BCUT2D eigenvalue weighted by Crippen LogP contribution is -2.25. The number of ether oxygens (including phenoxy) is 1. The second kappa shape index (κ2) is 7.40. The molecule has 2 heterocycles. The summed E-state index contributed by atoms with van der Waals surface area (Å²) in [6.45, 7) is 2.80. The zero-order chi connectivity index (χ0) is 12.8. The third-order valence-electron chi connectivity index (χ3n) is 2.87. The van der Waals surface area contributed by atoms with E-state index in [0.29, 0.717) is 0 Å². The number of halogens is 1. The molecule has 0 fully saturated rings. The predicted molar refractivity (Wildman–Crippen MR) is 83.6 cm³/mol. The van der Waals surface area contributed by atoms with E-state index in [-0.39, 0.29) is 0 Å². The summed E-state index contributed by atoms with van der Waals surface area (Å²) in [4.78, 5) is 2.30.